The molecule has 0 unspecified atom stereocenters. The molecule has 0 spiro atoms. The van der Waals surface area contributed by atoms with Crippen LogP contribution in [0.4, 0.5) is 0 Å². The maximum absolute atomic E-state index is 11.8. The molecule has 0 radical (unpaired) electrons. The number of ether oxygens (including phenoxy) is 1. The summed E-state index contributed by atoms with van der Waals surface area (Å²) in [5, 5.41) is 3.23. The number of esters is 1. The normalized spacial score (nSPS) is 17.1. The van der Waals surface area contributed by atoms with E-state index in [2.05, 4.69) is 21.2 Å². The van der Waals surface area contributed by atoms with Gasteiger partial charge in [0.15, 0.2) is 0 Å². The van der Waals surface area contributed by atoms with Gasteiger partial charge in [-0.2, -0.15) is 0 Å². The SMILES string of the molecule is O=C(Oc1ccccc1Br)C1CCNCC1. The van der Waals surface area contributed by atoms with Crippen molar-refractivity contribution in [1.82, 2.24) is 5.32 Å². The largest absolute Gasteiger partial charge is 0.425 e. The lowest BCUT2D eigenvalue weighted by molar-refractivity contribution is -0.139. The fourth-order valence-electron chi connectivity index (χ4n) is 1.78. The van der Waals surface area contributed by atoms with Gasteiger partial charge in [-0.3, -0.25) is 4.79 Å². The van der Waals surface area contributed by atoms with Gasteiger partial charge in [-0.15, -0.1) is 0 Å². The Morgan fingerprint density at radius 3 is 2.69 bits per heavy atom. The van der Waals surface area contributed by atoms with Gasteiger partial charge < -0.3 is 10.1 Å². The summed E-state index contributed by atoms with van der Waals surface area (Å²) in [6, 6.07) is 7.41. The van der Waals surface area contributed by atoms with E-state index in [1.54, 1.807) is 6.07 Å². The maximum Gasteiger partial charge on any atom is 0.314 e. The molecule has 1 heterocycles. The minimum absolute atomic E-state index is 0.0355. The molecule has 1 N–H and O–H groups in total. The average Bonchev–Trinajstić information content (AvgIpc) is 2.33. The Hall–Kier alpha value is -0.870. The van der Waals surface area contributed by atoms with Gasteiger partial charge in [0, 0.05) is 0 Å². The second-order valence-electron chi connectivity index (χ2n) is 3.88. The molecule has 1 aromatic rings. The number of carbonyl (C=O) groups is 1. The zero-order valence-electron chi connectivity index (χ0n) is 8.91. The summed E-state index contributed by atoms with van der Waals surface area (Å²) in [7, 11) is 0. The average molecular weight is 284 g/mol. The summed E-state index contributed by atoms with van der Waals surface area (Å²) in [4.78, 5) is 11.8. The Morgan fingerprint density at radius 1 is 1.31 bits per heavy atom. The van der Waals surface area contributed by atoms with Crippen LogP contribution < -0.4 is 10.1 Å². The van der Waals surface area contributed by atoms with Crippen LogP contribution in [0, 0.1) is 5.92 Å². The molecule has 1 aliphatic heterocycles. The van der Waals surface area contributed by atoms with E-state index in [9.17, 15) is 4.79 Å². The summed E-state index contributed by atoms with van der Waals surface area (Å²) >= 11 is 3.36. The predicted molar refractivity (Wildman–Crippen MR) is 65.4 cm³/mol. The fourth-order valence-corrected chi connectivity index (χ4v) is 2.14. The number of nitrogens with one attached hydrogen (secondary N) is 1. The highest BCUT2D eigenvalue weighted by Gasteiger charge is 2.23. The Labute approximate surface area is 103 Å². The maximum atomic E-state index is 11.8. The Kier molecular flexibility index (Phi) is 3.96. The Bertz CT molecular complexity index is 375. The van der Waals surface area contributed by atoms with Gasteiger partial charge in [-0.05, 0) is 54.0 Å². The quantitative estimate of drug-likeness (QED) is 0.669. The minimum Gasteiger partial charge on any atom is -0.425 e. The summed E-state index contributed by atoms with van der Waals surface area (Å²) in [5.74, 6) is 0.521. The molecule has 0 amide bonds. The molecular weight excluding hydrogens is 270 g/mol. The van der Waals surface area contributed by atoms with E-state index in [1.165, 1.54) is 0 Å². The van der Waals surface area contributed by atoms with E-state index in [1.807, 2.05) is 18.2 Å². The number of carbonyl (C=O) groups excluding carboxylic acids is 1. The van der Waals surface area contributed by atoms with Crippen molar-refractivity contribution in [3.63, 3.8) is 0 Å². The van der Waals surface area contributed by atoms with Crippen LogP contribution in [-0.2, 0) is 4.79 Å². The molecule has 86 valence electrons. The molecule has 2 rings (SSSR count). The molecule has 16 heavy (non-hydrogen) atoms. The van der Waals surface area contributed by atoms with Gasteiger partial charge in [-0.1, -0.05) is 12.1 Å². The van der Waals surface area contributed by atoms with Gasteiger partial charge in [0.05, 0.1) is 10.4 Å². The van der Waals surface area contributed by atoms with Gasteiger partial charge in [-0.25, -0.2) is 0 Å². The van der Waals surface area contributed by atoms with Crippen LogP contribution in [0.5, 0.6) is 5.75 Å². The Morgan fingerprint density at radius 2 is 2.00 bits per heavy atom. The van der Waals surface area contributed by atoms with E-state index >= 15 is 0 Å². The van der Waals surface area contributed by atoms with Crippen molar-refractivity contribution in [3.05, 3.63) is 28.7 Å². The molecular formula is C12H14BrNO2. The molecule has 0 saturated carbocycles. The molecule has 4 heteroatoms. The van der Waals surface area contributed by atoms with Crippen LogP contribution in [0.25, 0.3) is 0 Å². The molecule has 0 atom stereocenters. The molecule has 1 aliphatic rings. The van der Waals surface area contributed by atoms with Crippen molar-refractivity contribution >= 4 is 21.9 Å². The fraction of sp³-hybridized carbons (Fsp3) is 0.417. The lowest BCUT2D eigenvalue weighted by Gasteiger charge is -2.21. The molecule has 3 nitrogen and oxygen atoms in total. The zero-order chi connectivity index (χ0) is 11.4. The van der Waals surface area contributed by atoms with Gasteiger partial charge >= 0.3 is 5.97 Å². The number of piperidine rings is 1. The van der Waals surface area contributed by atoms with Crippen LogP contribution in [0.15, 0.2) is 28.7 Å². The standard InChI is InChI=1S/C12H14BrNO2/c13-10-3-1-2-4-11(10)16-12(15)9-5-7-14-8-6-9/h1-4,9,14H,5-8H2. The van der Waals surface area contributed by atoms with Crippen molar-refractivity contribution in [2.45, 2.75) is 12.8 Å². The summed E-state index contributed by atoms with van der Waals surface area (Å²) in [6.45, 7) is 1.80. The predicted octanol–water partition coefficient (Wildman–Crippen LogP) is 2.35. The van der Waals surface area contributed by atoms with E-state index in [0.717, 1.165) is 30.4 Å². The number of benzene rings is 1. The molecule has 0 aromatic heterocycles. The van der Waals surface area contributed by atoms with Crippen LogP contribution in [-0.4, -0.2) is 19.1 Å². The van der Waals surface area contributed by atoms with E-state index < -0.39 is 0 Å². The molecule has 1 saturated heterocycles. The van der Waals surface area contributed by atoms with Gasteiger partial charge in [0.25, 0.3) is 0 Å². The molecule has 0 bridgehead atoms. The third kappa shape index (κ3) is 2.83. The number of halogens is 1. The van der Waals surface area contributed by atoms with Crippen molar-refractivity contribution < 1.29 is 9.53 Å². The first-order valence-corrected chi connectivity index (χ1v) is 6.23. The molecule has 0 aliphatic carbocycles. The van der Waals surface area contributed by atoms with Crippen LogP contribution in [0.3, 0.4) is 0 Å². The number of hydrogen-bond donors (Lipinski definition) is 1. The molecule has 1 fully saturated rings. The summed E-state index contributed by atoms with van der Waals surface area (Å²) in [5.41, 5.74) is 0. The number of hydrogen-bond acceptors (Lipinski definition) is 3. The second-order valence-corrected chi connectivity index (χ2v) is 4.73. The van der Waals surface area contributed by atoms with Crippen LogP contribution >= 0.6 is 15.9 Å². The van der Waals surface area contributed by atoms with Crippen molar-refractivity contribution in [1.29, 1.82) is 0 Å². The van der Waals surface area contributed by atoms with E-state index in [0.29, 0.717) is 5.75 Å². The monoisotopic (exact) mass is 283 g/mol. The Balaban J connectivity index is 1.99. The lowest BCUT2D eigenvalue weighted by atomic mass is 9.98. The van der Waals surface area contributed by atoms with Crippen LogP contribution in [0.2, 0.25) is 0 Å². The van der Waals surface area contributed by atoms with E-state index in [-0.39, 0.29) is 11.9 Å². The highest BCUT2D eigenvalue weighted by Crippen LogP contribution is 2.25. The second kappa shape index (κ2) is 5.46. The van der Waals surface area contributed by atoms with Crippen molar-refractivity contribution in [3.8, 4) is 5.75 Å². The number of rotatable bonds is 2. The smallest absolute Gasteiger partial charge is 0.314 e. The molecule has 1 aromatic carbocycles. The van der Waals surface area contributed by atoms with Gasteiger partial charge in [0.1, 0.15) is 5.75 Å². The first-order valence-electron chi connectivity index (χ1n) is 5.44. The summed E-state index contributed by atoms with van der Waals surface area (Å²) in [6.07, 6.45) is 1.73. The first kappa shape index (κ1) is 11.6. The zero-order valence-corrected chi connectivity index (χ0v) is 10.5. The number of para-hydroxylation sites is 1. The lowest BCUT2D eigenvalue weighted by Crippen LogP contribution is -2.33. The third-order valence-corrected chi connectivity index (χ3v) is 3.37. The van der Waals surface area contributed by atoms with Crippen molar-refractivity contribution in [2.24, 2.45) is 5.92 Å². The van der Waals surface area contributed by atoms with E-state index in [4.69, 9.17) is 4.74 Å². The first-order chi connectivity index (χ1) is 7.77. The minimum atomic E-state index is -0.117. The van der Waals surface area contributed by atoms with Gasteiger partial charge in [0.2, 0.25) is 0 Å². The highest BCUT2D eigenvalue weighted by molar-refractivity contribution is 9.10. The summed E-state index contributed by atoms with van der Waals surface area (Å²) < 4.78 is 6.19. The van der Waals surface area contributed by atoms with Crippen molar-refractivity contribution in [2.75, 3.05) is 13.1 Å². The topological polar surface area (TPSA) is 38.3 Å². The third-order valence-electron chi connectivity index (χ3n) is 2.72. The highest BCUT2D eigenvalue weighted by atomic mass is 79.9. The van der Waals surface area contributed by atoms with Crippen LogP contribution in [0.1, 0.15) is 12.8 Å².